The van der Waals surface area contributed by atoms with Gasteiger partial charge in [-0.3, -0.25) is 0 Å². The molecule has 1 rings (SSSR count). The second-order valence-corrected chi connectivity index (χ2v) is 7.10. The smallest absolute Gasteiger partial charge is 0.422 e. The van der Waals surface area contributed by atoms with Crippen LogP contribution in [-0.4, -0.2) is 0 Å². The zero-order chi connectivity index (χ0) is 10.1. The fourth-order valence-corrected chi connectivity index (χ4v) is 1.78. The highest BCUT2D eigenvalue weighted by Gasteiger charge is 2.16. The molecule has 0 amide bonds. The molecule has 7 heteroatoms. The average molecular weight is 280 g/mol. The van der Waals surface area contributed by atoms with Crippen molar-refractivity contribution in [3.05, 3.63) is 28.2 Å². The molecular formula is C6H3Cl4O2P. The number of benzene rings is 1. The fourth-order valence-electron chi connectivity index (χ4n) is 0.656. The minimum atomic E-state index is -3.58. The Morgan fingerprint density at radius 3 is 2.23 bits per heavy atom. The summed E-state index contributed by atoms with van der Waals surface area (Å²) >= 11 is 21.6. The summed E-state index contributed by atoms with van der Waals surface area (Å²) in [5.74, 6) is 0.211. The molecule has 1 aromatic carbocycles. The molecule has 0 unspecified atom stereocenters. The Hall–Kier alpha value is 0.410. The van der Waals surface area contributed by atoms with Crippen LogP contribution in [-0.2, 0) is 4.57 Å². The summed E-state index contributed by atoms with van der Waals surface area (Å²) in [6.07, 6.45) is -3.58. The van der Waals surface area contributed by atoms with E-state index < -0.39 is 6.07 Å². The van der Waals surface area contributed by atoms with Gasteiger partial charge in [0.05, 0.1) is 10.0 Å². The first kappa shape index (κ1) is 11.5. The Balaban J connectivity index is 2.92. The number of rotatable bonds is 2. The van der Waals surface area contributed by atoms with Gasteiger partial charge in [0.25, 0.3) is 0 Å². The van der Waals surface area contributed by atoms with Gasteiger partial charge in [-0.2, -0.15) is 0 Å². The van der Waals surface area contributed by atoms with Crippen molar-refractivity contribution >= 4 is 51.8 Å². The standard InChI is InChI=1S/C6H3Cl4O2P/c7-5-2-1-4(3-6(5)8)12-13(9,10)11/h1-3H. The van der Waals surface area contributed by atoms with E-state index in [2.05, 4.69) is 4.52 Å². The molecule has 0 saturated heterocycles. The summed E-state index contributed by atoms with van der Waals surface area (Å²) in [6, 6.07) is 4.33. The highest BCUT2D eigenvalue weighted by atomic mass is 35.9. The molecule has 1 aromatic rings. The average Bonchev–Trinajstić information content (AvgIpc) is 1.94. The summed E-state index contributed by atoms with van der Waals surface area (Å²) in [6.45, 7) is 0. The van der Waals surface area contributed by atoms with E-state index >= 15 is 0 Å². The lowest BCUT2D eigenvalue weighted by molar-refractivity contribution is 0.513. The van der Waals surface area contributed by atoms with Gasteiger partial charge in [-0.15, -0.1) is 0 Å². The van der Waals surface area contributed by atoms with Crippen LogP contribution in [0.4, 0.5) is 0 Å². The predicted octanol–water partition coefficient (Wildman–Crippen LogP) is 4.96. The first-order valence-corrected chi connectivity index (χ1v) is 7.21. The normalized spacial score (nSPS) is 11.4. The molecule has 0 N–H and O–H groups in total. The van der Waals surface area contributed by atoms with Crippen molar-refractivity contribution in [1.82, 2.24) is 0 Å². The third-order valence-electron chi connectivity index (χ3n) is 1.10. The predicted molar refractivity (Wildman–Crippen MR) is 56.4 cm³/mol. The van der Waals surface area contributed by atoms with E-state index in [-0.39, 0.29) is 10.8 Å². The maximum atomic E-state index is 10.8. The molecule has 72 valence electrons. The Morgan fingerprint density at radius 1 is 1.15 bits per heavy atom. The Labute approximate surface area is 94.7 Å². The van der Waals surface area contributed by atoms with Crippen molar-refractivity contribution in [1.29, 1.82) is 0 Å². The van der Waals surface area contributed by atoms with Crippen LogP contribution in [0.25, 0.3) is 0 Å². The summed E-state index contributed by atoms with van der Waals surface area (Å²) in [5.41, 5.74) is 0. The molecule has 0 fully saturated rings. The monoisotopic (exact) mass is 278 g/mol. The van der Waals surface area contributed by atoms with Gasteiger partial charge in [0, 0.05) is 28.5 Å². The zero-order valence-electron chi connectivity index (χ0n) is 6.01. The van der Waals surface area contributed by atoms with Crippen LogP contribution in [0.15, 0.2) is 18.2 Å². The van der Waals surface area contributed by atoms with Crippen molar-refractivity contribution in [2.75, 3.05) is 0 Å². The van der Waals surface area contributed by atoms with Crippen molar-refractivity contribution in [2.45, 2.75) is 0 Å². The van der Waals surface area contributed by atoms with Crippen molar-refractivity contribution in [3.63, 3.8) is 0 Å². The molecule has 0 bridgehead atoms. The summed E-state index contributed by atoms with van der Waals surface area (Å²) in [7, 11) is 0. The van der Waals surface area contributed by atoms with Gasteiger partial charge in [-0.1, -0.05) is 23.2 Å². The Morgan fingerprint density at radius 2 is 1.77 bits per heavy atom. The molecule has 2 nitrogen and oxygen atoms in total. The van der Waals surface area contributed by atoms with Gasteiger partial charge in [-0.05, 0) is 12.1 Å². The molecule has 0 aliphatic heterocycles. The molecule has 0 aliphatic rings. The topological polar surface area (TPSA) is 26.3 Å². The minimum absolute atomic E-state index is 0.211. The lowest BCUT2D eigenvalue weighted by Crippen LogP contribution is -1.81. The molecule has 0 spiro atoms. The van der Waals surface area contributed by atoms with Crippen LogP contribution in [0.5, 0.6) is 5.75 Å². The quantitative estimate of drug-likeness (QED) is 0.716. The number of halogens is 4. The van der Waals surface area contributed by atoms with Crippen molar-refractivity contribution in [3.8, 4) is 5.75 Å². The van der Waals surface area contributed by atoms with Crippen LogP contribution in [0.3, 0.4) is 0 Å². The molecule has 0 radical (unpaired) electrons. The Bertz CT molecular complexity index is 362. The van der Waals surface area contributed by atoms with Crippen molar-refractivity contribution in [2.24, 2.45) is 0 Å². The lowest BCUT2D eigenvalue weighted by atomic mass is 10.3. The third-order valence-corrected chi connectivity index (χ3v) is 2.68. The molecule has 13 heavy (non-hydrogen) atoms. The third kappa shape index (κ3) is 3.97. The maximum Gasteiger partial charge on any atom is 0.428 e. The SMILES string of the molecule is O=P(Cl)(Cl)Oc1ccc(Cl)c(Cl)c1. The largest absolute Gasteiger partial charge is 0.428 e. The van der Waals surface area contributed by atoms with E-state index in [4.69, 9.17) is 45.7 Å². The van der Waals surface area contributed by atoms with Crippen LogP contribution in [0, 0.1) is 0 Å². The van der Waals surface area contributed by atoms with E-state index in [0.717, 1.165) is 0 Å². The van der Waals surface area contributed by atoms with Gasteiger partial charge in [0.15, 0.2) is 0 Å². The van der Waals surface area contributed by atoms with Gasteiger partial charge in [0.2, 0.25) is 0 Å². The minimum Gasteiger partial charge on any atom is -0.422 e. The van der Waals surface area contributed by atoms with Crippen LogP contribution in [0.2, 0.25) is 10.0 Å². The van der Waals surface area contributed by atoms with Crippen LogP contribution in [0.1, 0.15) is 0 Å². The van der Waals surface area contributed by atoms with E-state index in [9.17, 15) is 4.57 Å². The molecule has 0 aromatic heterocycles. The molecule has 0 heterocycles. The molecule has 0 saturated carbocycles. The lowest BCUT2D eigenvalue weighted by Gasteiger charge is -2.06. The molecule has 0 atom stereocenters. The van der Waals surface area contributed by atoms with Gasteiger partial charge in [0.1, 0.15) is 5.75 Å². The highest BCUT2D eigenvalue weighted by molar-refractivity contribution is 8.05. The summed E-state index contributed by atoms with van der Waals surface area (Å²) < 4.78 is 15.5. The first-order valence-electron chi connectivity index (χ1n) is 3.02. The van der Waals surface area contributed by atoms with Crippen molar-refractivity contribution < 1.29 is 9.09 Å². The van der Waals surface area contributed by atoms with E-state index in [0.29, 0.717) is 5.02 Å². The molecular weight excluding hydrogens is 277 g/mol. The van der Waals surface area contributed by atoms with E-state index in [1.165, 1.54) is 18.2 Å². The van der Waals surface area contributed by atoms with E-state index in [1.54, 1.807) is 0 Å². The zero-order valence-corrected chi connectivity index (χ0v) is 9.93. The van der Waals surface area contributed by atoms with Gasteiger partial charge >= 0.3 is 6.07 Å². The van der Waals surface area contributed by atoms with Gasteiger partial charge < -0.3 is 4.52 Å². The Kier molecular flexibility index (Phi) is 3.79. The maximum absolute atomic E-state index is 10.8. The van der Waals surface area contributed by atoms with Gasteiger partial charge in [-0.25, -0.2) is 4.57 Å². The fraction of sp³-hybridized carbons (Fsp3) is 0. The summed E-state index contributed by atoms with van der Waals surface area (Å²) in [4.78, 5) is 0. The summed E-state index contributed by atoms with van der Waals surface area (Å²) in [5, 5.41) is 0.647. The number of hydrogen-bond donors (Lipinski definition) is 0. The highest BCUT2D eigenvalue weighted by Crippen LogP contribution is 2.57. The number of hydrogen-bond acceptors (Lipinski definition) is 2. The second kappa shape index (κ2) is 4.29. The van der Waals surface area contributed by atoms with Crippen LogP contribution >= 0.6 is 51.8 Å². The van der Waals surface area contributed by atoms with Crippen LogP contribution < -0.4 is 4.52 Å². The second-order valence-electron chi connectivity index (χ2n) is 2.08. The first-order chi connectivity index (χ1) is 5.88. The molecule has 0 aliphatic carbocycles. The van der Waals surface area contributed by atoms with E-state index in [1.807, 2.05) is 0 Å².